The van der Waals surface area contributed by atoms with Crippen LogP contribution in [0.2, 0.25) is 0 Å². The Morgan fingerprint density at radius 2 is 2.00 bits per heavy atom. The summed E-state index contributed by atoms with van der Waals surface area (Å²) in [7, 11) is 0. The Morgan fingerprint density at radius 1 is 1.31 bits per heavy atom. The second-order valence-corrected chi connectivity index (χ2v) is 5.93. The van der Waals surface area contributed by atoms with E-state index in [0.717, 1.165) is 32.5 Å². The van der Waals surface area contributed by atoms with Crippen LogP contribution < -0.4 is 0 Å². The van der Waals surface area contributed by atoms with E-state index in [1.165, 1.54) is 4.90 Å². The summed E-state index contributed by atoms with van der Waals surface area (Å²) in [6, 6.07) is 10.4. The molecule has 1 aliphatic rings. The SMILES string of the molecule is CCCC[N+]1([O-])CC(Sc2ccccc2)C1. The Kier molecular flexibility index (Phi) is 3.90. The van der Waals surface area contributed by atoms with Gasteiger partial charge in [-0.2, -0.15) is 0 Å². The van der Waals surface area contributed by atoms with Crippen LogP contribution in [0.1, 0.15) is 19.8 Å². The fraction of sp³-hybridized carbons (Fsp3) is 0.538. The normalized spacial score (nSPS) is 28.8. The molecule has 16 heavy (non-hydrogen) atoms. The maximum absolute atomic E-state index is 12.0. The third-order valence-corrected chi connectivity index (χ3v) is 4.21. The second kappa shape index (κ2) is 5.21. The quantitative estimate of drug-likeness (QED) is 0.579. The van der Waals surface area contributed by atoms with Gasteiger partial charge in [-0.25, -0.2) is 0 Å². The third-order valence-electron chi connectivity index (χ3n) is 3.04. The molecule has 88 valence electrons. The van der Waals surface area contributed by atoms with Gasteiger partial charge in [0.25, 0.3) is 0 Å². The average molecular weight is 237 g/mol. The highest BCUT2D eigenvalue weighted by Crippen LogP contribution is 2.33. The van der Waals surface area contributed by atoms with Crippen LogP contribution in [0.5, 0.6) is 0 Å². The van der Waals surface area contributed by atoms with Crippen molar-refractivity contribution in [3.8, 4) is 0 Å². The van der Waals surface area contributed by atoms with Crippen LogP contribution >= 0.6 is 11.8 Å². The summed E-state index contributed by atoms with van der Waals surface area (Å²) in [6.07, 6.45) is 2.19. The number of rotatable bonds is 5. The second-order valence-electron chi connectivity index (χ2n) is 4.55. The predicted octanol–water partition coefficient (Wildman–Crippen LogP) is 3.28. The Bertz CT molecular complexity index is 322. The molecule has 0 saturated carbocycles. The molecular formula is C13H19NOS. The lowest BCUT2D eigenvalue weighted by molar-refractivity contribution is -0.916. The van der Waals surface area contributed by atoms with Crippen molar-refractivity contribution in [2.45, 2.75) is 29.9 Å². The molecule has 3 heteroatoms. The van der Waals surface area contributed by atoms with Gasteiger partial charge in [-0.05, 0) is 18.6 Å². The molecule has 1 fully saturated rings. The smallest absolute Gasteiger partial charge is 0.108 e. The summed E-state index contributed by atoms with van der Waals surface area (Å²) in [6.45, 7) is 4.53. The summed E-state index contributed by atoms with van der Waals surface area (Å²) in [4.78, 5) is 1.29. The van der Waals surface area contributed by atoms with Crippen LogP contribution in [0.3, 0.4) is 0 Å². The number of benzene rings is 1. The summed E-state index contributed by atoms with van der Waals surface area (Å²) in [5.41, 5.74) is 0. The van der Waals surface area contributed by atoms with Gasteiger partial charge in [-0.15, -0.1) is 11.8 Å². The molecule has 0 spiro atoms. The molecule has 0 N–H and O–H groups in total. The number of unbranched alkanes of at least 4 members (excludes halogenated alkanes) is 1. The van der Waals surface area contributed by atoms with Crippen molar-refractivity contribution in [1.29, 1.82) is 0 Å². The Hall–Kier alpha value is -0.510. The molecule has 1 saturated heterocycles. The highest BCUT2D eigenvalue weighted by molar-refractivity contribution is 8.00. The zero-order chi connectivity index (χ0) is 11.4. The molecule has 0 amide bonds. The number of quaternary nitrogens is 1. The van der Waals surface area contributed by atoms with Crippen LogP contribution in [-0.2, 0) is 0 Å². The van der Waals surface area contributed by atoms with Gasteiger partial charge < -0.3 is 9.85 Å². The lowest BCUT2D eigenvalue weighted by atomic mass is 10.2. The fourth-order valence-electron chi connectivity index (χ4n) is 2.08. The van der Waals surface area contributed by atoms with Gasteiger partial charge in [-0.3, -0.25) is 0 Å². The molecular weight excluding hydrogens is 218 g/mol. The van der Waals surface area contributed by atoms with Crippen molar-refractivity contribution in [2.24, 2.45) is 0 Å². The van der Waals surface area contributed by atoms with Crippen molar-refractivity contribution < 1.29 is 4.65 Å². The number of hydrogen-bond donors (Lipinski definition) is 0. The number of hydrogen-bond acceptors (Lipinski definition) is 2. The van der Waals surface area contributed by atoms with Crippen LogP contribution in [-0.4, -0.2) is 29.5 Å². The number of nitrogens with zero attached hydrogens (tertiary/aromatic N) is 1. The van der Waals surface area contributed by atoms with E-state index in [0.29, 0.717) is 5.25 Å². The summed E-state index contributed by atoms with van der Waals surface area (Å²) >= 11 is 1.85. The van der Waals surface area contributed by atoms with Crippen LogP contribution in [0.15, 0.2) is 35.2 Å². The van der Waals surface area contributed by atoms with E-state index in [2.05, 4.69) is 31.2 Å². The zero-order valence-electron chi connectivity index (χ0n) is 9.76. The first-order chi connectivity index (χ1) is 7.72. The van der Waals surface area contributed by atoms with Gasteiger partial charge in [0, 0.05) is 4.90 Å². The van der Waals surface area contributed by atoms with Gasteiger partial charge in [0.05, 0.1) is 19.6 Å². The molecule has 1 heterocycles. The van der Waals surface area contributed by atoms with Crippen LogP contribution in [0.25, 0.3) is 0 Å². The van der Waals surface area contributed by atoms with E-state index < -0.39 is 0 Å². The molecule has 1 aliphatic heterocycles. The molecule has 1 aromatic rings. The Balaban J connectivity index is 1.76. The van der Waals surface area contributed by atoms with Crippen LogP contribution in [0, 0.1) is 5.21 Å². The minimum atomic E-state index is 0.0400. The first kappa shape index (κ1) is 12.0. The van der Waals surface area contributed by atoms with Gasteiger partial charge in [-0.1, -0.05) is 31.5 Å². The topological polar surface area (TPSA) is 23.1 Å². The molecule has 2 nitrogen and oxygen atoms in total. The average Bonchev–Trinajstić information content (AvgIpc) is 2.26. The molecule has 1 aromatic carbocycles. The van der Waals surface area contributed by atoms with Crippen molar-refractivity contribution in [3.05, 3.63) is 35.5 Å². The first-order valence-electron chi connectivity index (χ1n) is 6.01. The highest BCUT2D eigenvalue weighted by atomic mass is 32.2. The molecule has 0 unspecified atom stereocenters. The summed E-state index contributed by atoms with van der Waals surface area (Å²) in [5, 5.41) is 12.6. The molecule has 0 aliphatic carbocycles. The standard InChI is InChI=1S/C13H19NOS/c1-2-3-9-14(15)10-13(11-14)16-12-7-5-4-6-8-12/h4-8,13H,2-3,9-11H2,1H3. The number of likely N-dealkylation sites (tertiary alicyclic amines) is 1. The molecule has 2 rings (SSSR count). The number of thioether (sulfide) groups is 1. The maximum Gasteiger partial charge on any atom is 0.108 e. The minimum Gasteiger partial charge on any atom is -0.633 e. The fourth-order valence-corrected chi connectivity index (χ4v) is 3.48. The van der Waals surface area contributed by atoms with E-state index in [1.54, 1.807) is 0 Å². The lowest BCUT2D eigenvalue weighted by Crippen LogP contribution is -2.61. The molecule has 0 radical (unpaired) electrons. The van der Waals surface area contributed by atoms with E-state index in [-0.39, 0.29) is 4.65 Å². The van der Waals surface area contributed by atoms with Gasteiger partial charge >= 0.3 is 0 Å². The predicted molar refractivity (Wildman–Crippen MR) is 69.2 cm³/mol. The Labute approximate surface area is 102 Å². The van der Waals surface area contributed by atoms with Gasteiger partial charge in [0.2, 0.25) is 0 Å². The van der Waals surface area contributed by atoms with E-state index in [4.69, 9.17) is 0 Å². The van der Waals surface area contributed by atoms with Gasteiger partial charge in [0.15, 0.2) is 0 Å². The summed E-state index contributed by atoms with van der Waals surface area (Å²) in [5.74, 6) is 0. The Morgan fingerprint density at radius 3 is 2.62 bits per heavy atom. The first-order valence-corrected chi connectivity index (χ1v) is 6.89. The largest absolute Gasteiger partial charge is 0.633 e. The van der Waals surface area contributed by atoms with Crippen LogP contribution in [0.4, 0.5) is 0 Å². The molecule has 0 aromatic heterocycles. The van der Waals surface area contributed by atoms with Crippen molar-refractivity contribution in [3.63, 3.8) is 0 Å². The van der Waals surface area contributed by atoms with E-state index in [1.807, 2.05) is 17.8 Å². The maximum atomic E-state index is 12.0. The monoisotopic (exact) mass is 237 g/mol. The van der Waals surface area contributed by atoms with Crippen molar-refractivity contribution >= 4 is 11.8 Å². The lowest BCUT2D eigenvalue weighted by Gasteiger charge is -2.54. The minimum absolute atomic E-state index is 0.0400. The molecule has 0 atom stereocenters. The molecule has 0 bridgehead atoms. The van der Waals surface area contributed by atoms with Crippen molar-refractivity contribution in [1.82, 2.24) is 0 Å². The summed E-state index contributed by atoms with van der Waals surface area (Å²) < 4.78 is 0.0400. The number of hydroxylamine groups is 3. The van der Waals surface area contributed by atoms with Crippen molar-refractivity contribution in [2.75, 3.05) is 19.6 Å². The zero-order valence-corrected chi connectivity index (χ0v) is 10.6. The van der Waals surface area contributed by atoms with E-state index >= 15 is 0 Å². The van der Waals surface area contributed by atoms with Gasteiger partial charge in [0.1, 0.15) is 5.25 Å². The third kappa shape index (κ3) is 3.00. The van der Waals surface area contributed by atoms with E-state index in [9.17, 15) is 5.21 Å². The highest BCUT2D eigenvalue weighted by Gasteiger charge is 2.37.